The summed E-state index contributed by atoms with van der Waals surface area (Å²) in [5, 5.41) is 0.0142. The maximum Gasteiger partial charge on any atom is 0.224 e. The highest BCUT2D eigenvalue weighted by Crippen LogP contribution is 2.41. The second-order valence-corrected chi connectivity index (χ2v) is 8.67. The Labute approximate surface area is 188 Å². The fourth-order valence-corrected chi connectivity index (χ4v) is 5.00. The van der Waals surface area contributed by atoms with Crippen molar-refractivity contribution in [1.29, 1.82) is 0 Å². The topological polar surface area (TPSA) is 38.8 Å². The number of amides is 1. The largest absolute Gasteiger partial charge is 0.493 e. The van der Waals surface area contributed by atoms with Crippen molar-refractivity contribution in [3.05, 3.63) is 95.6 Å². The molecule has 1 aliphatic heterocycles. The number of thioether (sulfide) groups is 1. The maximum absolute atomic E-state index is 12.9. The molecular weight excluding hydrogens is 406 g/mol. The van der Waals surface area contributed by atoms with E-state index < -0.39 is 0 Å². The highest BCUT2D eigenvalue weighted by Gasteiger charge is 2.30. The van der Waals surface area contributed by atoms with E-state index in [1.165, 1.54) is 5.56 Å². The second-order valence-electron chi connectivity index (χ2n) is 7.48. The molecule has 0 aliphatic carbocycles. The minimum absolute atomic E-state index is 0.0142. The lowest BCUT2D eigenvalue weighted by Crippen LogP contribution is -2.30. The fraction of sp³-hybridized carbons (Fsp3) is 0.269. The monoisotopic (exact) mass is 433 g/mol. The highest BCUT2D eigenvalue weighted by molar-refractivity contribution is 7.99. The number of nitrogens with zero attached hydrogens (tertiary/aromatic N) is 1. The van der Waals surface area contributed by atoms with Crippen LogP contribution in [0.15, 0.2) is 78.9 Å². The number of aryl methyl sites for hydroxylation is 1. The Morgan fingerprint density at radius 2 is 1.68 bits per heavy atom. The molecule has 0 saturated carbocycles. The average Bonchev–Trinajstić information content (AvgIpc) is 3.32. The number of hydrogen-bond acceptors (Lipinski definition) is 4. The zero-order valence-electron chi connectivity index (χ0n) is 17.7. The van der Waals surface area contributed by atoms with Crippen LogP contribution in [-0.4, -0.2) is 30.2 Å². The Hall–Kier alpha value is -2.92. The fourth-order valence-electron chi connectivity index (χ4n) is 3.73. The molecule has 1 fully saturated rings. The molecule has 0 bridgehead atoms. The minimum atomic E-state index is 0.0142. The van der Waals surface area contributed by atoms with Gasteiger partial charge in [0.2, 0.25) is 5.91 Å². The number of hydrogen-bond donors (Lipinski definition) is 0. The number of ether oxygens (including phenoxy) is 2. The van der Waals surface area contributed by atoms with Gasteiger partial charge in [-0.25, -0.2) is 0 Å². The van der Waals surface area contributed by atoms with Crippen molar-refractivity contribution in [1.82, 2.24) is 4.90 Å². The third kappa shape index (κ3) is 5.42. The summed E-state index contributed by atoms with van der Waals surface area (Å²) in [6.07, 6.45) is 1.29. The van der Waals surface area contributed by atoms with E-state index in [1.807, 2.05) is 71.6 Å². The molecule has 31 heavy (non-hydrogen) atoms. The van der Waals surface area contributed by atoms with Crippen LogP contribution in [0.1, 0.15) is 28.5 Å². The van der Waals surface area contributed by atoms with Gasteiger partial charge >= 0.3 is 0 Å². The Kier molecular flexibility index (Phi) is 7.15. The predicted molar refractivity (Wildman–Crippen MR) is 125 cm³/mol. The third-order valence-electron chi connectivity index (χ3n) is 5.39. The van der Waals surface area contributed by atoms with Crippen molar-refractivity contribution in [3.8, 4) is 11.5 Å². The van der Waals surface area contributed by atoms with Crippen LogP contribution in [0.5, 0.6) is 11.5 Å². The first-order chi connectivity index (χ1) is 15.2. The lowest BCUT2D eigenvalue weighted by Gasteiger charge is -2.25. The molecule has 4 nitrogen and oxygen atoms in total. The van der Waals surface area contributed by atoms with Crippen molar-refractivity contribution >= 4 is 17.7 Å². The summed E-state index contributed by atoms with van der Waals surface area (Å²) in [6, 6.07) is 26.2. The molecule has 1 aliphatic rings. The van der Waals surface area contributed by atoms with Crippen LogP contribution in [-0.2, 0) is 17.8 Å². The predicted octanol–water partition coefficient (Wildman–Crippen LogP) is 5.48. The zero-order valence-corrected chi connectivity index (χ0v) is 18.5. The summed E-state index contributed by atoms with van der Waals surface area (Å²) in [4.78, 5) is 14.9. The molecule has 0 spiro atoms. The summed E-state index contributed by atoms with van der Waals surface area (Å²) >= 11 is 1.80. The Morgan fingerprint density at radius 3 is 2.39 bits per heavy atom. The van der Waals surface area contributed by atoms with Crippen molar-refractivity contribution in [3.63, 3.8) is 0 Å². The van der Waals surface area contributed by atoms with Gasteiger partial charge in [0, 0.05) is 18.7 Å². The van der Waals surface area contributed by atoms with E-state index >= 15 is 0 Å². The van der Waals surface area contributed by atoms with Gasteiger partial charge < -0.3 is 14.4 Å². The molecule has 3 aromatic carbocycles. The van der Waals surface area contributed by atoms with Gasteiger partial charge in [-0.05, 0) is 35.2 Å². The van der Waals surface area contributed by atoms with Crippen LogP contribution in [0.4, 0.5) is 0 Å². The van der Waals surface area contributed by atoms with Gasteiger partial charge in [-0.1, -0.05) is 66.7 Å². The van der Waals surface area contributed by atoms with Crippen LogP contribution in [0, 0.1) is 0 Å². The van der Waals surface area contributed by atoms with Gasteiger partial charge in [0.05, 0.1) is 7.11 Å². The van der Waals surface area contributed by atoms with E-state index in [-0.39, 0.29) is 11.3 Å². The van der Waals surface area contributed by atoms with Crippen LogP contribution >= 0.6 is 11.8 Å². The SMILES string of the molecule is COc1cc(C2SCCN2C(=O)CCc2ccccc2)ccc1OCc1ccccc1. The number of carbonyl (C=O) groups excluding carboxylic acids is 1. The Bertz CT molecular complexity index is 994. The number of rotatable bonds is 8. The van der Waals surface area contributed by atoms with E-state index in [0.29, 0.717) is 24.5 Å². The highest BCUT2D eigenvalue weighted by atomic mass is 32.2. The second kappa shape index (κ2) is 10.4. The lowest BCUT2D eigenvalue weighted by molar-refractivity contribution is -0.131. The van der Waals surface area contributed by atoms with E-state index in [4.69, 9.17) is 9.47 Å². The molecule has 1 amide bonds. The molecule has 0 N–H and O–H groups in total. The van der Waals surface area contributed by atoms with E-state index in [1.54, 1.807) is 18.9 Å². The molecule has 160 valence electrons. The third-order valence-corrected chi connectivity index (χ3v) is 6.65. The summed E-state index contributed by atoms with van der Waals surface area (Å²) < 4.78 is 11.6. The van der Waals surface area contributed by atoms with Gasteiger partial charge in [-0.2, -0.15) is 0 Å². The first-order valence-corrected chi connectivity index (χ1v) is 11.6. The summed E-state index contributed by atoms with van der Waals surface area (Å²) in [5.41, 5.74) is 3.37. The number of benzene rings is 3. The molecule has 1 atom stereocenters. The Balaban J connectivity index is 1.43. The maximum atomic E-state index is 12.9. The molecule has 1 unspecified atom stereocenters. The smallest absolute Gasteiger partial charge is 0.224 e. The van der Waals surface area contributed by atoms with Crippen LogP contribution in [0.25, 0.3) is 0 Å². The number of methoxy groups -OCH3 is 1. The summed E-state index contributed by atoms with van der Waals surface area (Å²) in [7, 11) is 1.65. The summed E-state index contributed by atoms with van der Waals surface area (Å²) in [6.45, 7) is 1.26. The van der Waals surface area contributed by atoms with Crippen molar-refractivity contribution in [2.75, 3.05) is 19.4 Å². The van der Waals surface area contributed by atoms with Crippen molar-refractivity contribution in [2.45, 2.75) is 24.8 Å². The van der Waals surface area contributed by atoms with Gasteiger partial charge in [0.15, 0.2) is 11.5 Å². The van der Waals surface area contributed by atoms with Gasteiger partial charge in [0.1, 0.15) is 12.0 Å². The van der Waals surface area contributed by atoms with E-state index in [0.717, 1.165) is 29.8 Å². The van der Waals surface area contributed by atoms with Gasteiger partial charge in [-0.3, -0.25) is 4.79 Å². The van der Waals surface area contributed by atoms with E-state index in [9.17, 15) is 4.79 Å². The van der Waals surface area contributed by atoms with Gasteiger partial charge in [0.25, 0.3) is 0 Å². The first-order valence-electron chi connectivity index (χ1n) is 10.5. The zero-order chi connectivity index (χ0) is 21.5. The molecule has 0 aromatic heterocycles. The normalized spacial score (nSPS) is 15.6. The Morgan fingerprint density at radius 1 is 0.968 bits per heavy atom. The summed E-state index contributed by atoms with van der Waals surface area (Å²) in [5.74, 6) is 2.54. The molecule has 3 aromatic rings. The molecule has 1 saturated heterocycles. The molecule has 0 radical (unpaired) electrons. The van der Waals surface area contributed by atoms with Crippen LogP contribution in [0.2, 0.25) is 0 Å². The molecular formula is C26H27NO3S. The minimum Gasteiger partial charge on any atom is -0.493 e. The van der Waals surface area contributed by atoms with Crippen molar-refractivity contribution < 1.29 is 14.3 Å². The molecule has 5 heteroatoms. The standard InChI is InChI=1S/C26H27NO3S/c1-29-24-18-22(13-14-23(24)30-19-21-10-6-3-7-11-21)26-27(16-17-31-26)25(28)15-12-20-8-4-2-5-9-20/h2-11,13-14,18,26H,12,15-17,19H2,1H3. The lowest BCUT2D eigenvalue weighted by atomic mass is 10.1. The van der Waals surface area contributed by atoms with Crippen LogP contribution in [0.3, 0.4) is 0 Å². The first kappa shape index (κ1) is 21.3. The van der Waals surface area contributed by atoms with Crippen LogP contribution < -0.4 is 9.47 Å². The van der Waals surface area contributed by atoms with E-state index in [2.05, 4.69) is 12.1 Å². The van der Waals surface area contributed by atoms with Gasteiger partial charge in [-0.15, -0.1) is 11.8 Å². The molecule has 4 rings (SSSR count). The average molecular weight is 434 g/mol. The number of carbonyl (C=O) groups is 1. The molecule has 1 heterocycles. The van der Waals surface area contributed by atoms with Crippen molar-refractivity contribution in [2.24, 2.45) is 0 Å². The quantitative estimate of drug-likeness (QED) is 0.471.